The molecule has 0 saturated heterocycles. The number of methoxy groups -OCH3 is 1. The zero-order chi connectivity index (χ0) is 14.0. The summed E-state index contributed by atoms with van der Waals surface area (Å²) in [6.45, 7) is 3.89. The molecule has 2 N–H and O–H groups in total. The largest absolute Gasteiger partial charge is 0.493 e. The molecular weight excluding hydrogens is 262 g/mol. The normalized spacial score (nSPS) is 16.7. The topological polar surface area (TPSA) is 44.5 Å². The fraction of sp³-hybridized carbons (Fsp3) is 0.600. The molecule has 1 fully saturated rings. The van der Waals surface area contributed by atoms with Crippen LogP contribution in [0.4, 0.5) is 0 Å². The first-order valence-electron chi connectivity index (χ1n) is 6.75. The molecule has 0 radical (unpaired) electrons. The van der Waals surface area contributed by atoms with Crippen molar-refractivity contribution in [3.05, 3.63) is 22.7 Å². The van der Waals surface area contributed by atoms with Crippen molar-refractivity contribution in [2.24, 2.45) is 5.73 Å². The van der Waals surface area contributed by atoms with E-state index in [9.17, 15) is 0 Å². The van der Waals surface area contributed by atoms with Gasteiger partial charge in [-0.2, -0.15) is 0 Å². The minimum Gasteiger partial charge on any atom is -0.493 e. The van der Waals surface area contributed by atoms with Crippen LogP contribution in [-0.4, -0.2) is 13.2 Å². The van der Waals surface area contributed by atoms with Crippen molar-refractivity contribution in [2.45, 2.75) is 51.2 Å². The van der Waals surface area contributed by atoms with Crippen LogP contribution in [0.3, 0.4) is 0 Å². The number of nitrogens with two attached hydrogens (primary N) is 1. The second-order valence-electron chi connectivity index (χ2n) is 5.73. The summed E-state index contributed by atoms with van der Waals surface area (Å²) in [6, 6.07) is 3.65. The Morgan fingerprint density at radius 3 is 2.42 bits per heavy atom. The minimum absolute atomic E-state index is 0.260. The Hall–Kier alpha value is -0.930. The molecule has 1 aliphatic rings. The molecule has 0 aromatic heterocycles. The Bertz CT molecular complexity index is 448. The molecule has 4 heteroatoms. The summed E-state index contributed by atoms with van der Waals surface area (Å²) in [6.07, 6.45) is 4.90. The number of hydrogen-bond donors (Lipinski definition) is 1. The third-order valence-corrected chi connectivity index (χ3v) is 3.74. The zero-order valence-electron chi connectivity index (χ0n) is 11.8. The van der Waals surface area contributed by atoms with Crippen molar-refractivity contribution < 1.29 is 9.47 Å². The highest BCUT2D eigenvalue weighted by Crippen LogP contribution is 2.41. The van der Waals surface area contributed by atoms with E-state index >= 15 is 0 Å². The van der Waals surface area contributed by atoms with Crippen LogP contribution in [0.1, 0.15) is 45.1 Å². The maximum Gasteiger partial charge on any atom is 0.166 e. The van der Waals surface area contributed by atoms with Gasteiger partial charge in [0.25, 0.3) is 0 Å². The van der Waals surface area contributed by atoms with Gasteiger partial charge in [-0.1, -0.05) is 11.6 Å². The molecule has 106 valence electrons. The lowest BCUT2D eigenvalue weighted by atomic mass is 9.94. The summed E-state index contributed by atoms with van der Waals surface area (Å²) in [7, 11) is 1.63. The molecular formula is C15H22ClNO2. The molecule has 2 rings (SSSR count). The molecule has 0 atom stereocenters. The van der Waals surface area contributed by atoms with Gasteiger partial charge in [0.1, 0.15) is 0 Å². The lowest BCUT2D eigenvalue weighted by molar-refractivity contribution is 0.195. The van der Waals surface area contributed by atoms with E-state index in [0.717, 1.165) is 24.2 Å². The predicted octanol–water partition coefficient (Wildman–Crippen LogP) is 3.86. The van der Waals surface area contributed by atoms with Gasteiger partial charge in [-0.05, 0) is 45.6 Å². The molecule has 1 aliphatic carbocycles. The van der Waals surface area contributed by atoms with E-state index in [1.54, 1.807) is 13.2 Å². The quantitative estimate of drug-likeness (QED) is 0.912. The number of benzene rings is 1. The molecule has 1 aromatic carbocycles. The molecule has 19 heavy (non-hydrogen) atoms. The molecule has 1 aromatic rings. The summed E-state index contributed by atoms with van der Waals surface area (Å²) in [5.74, 6) is 1.40. The first-order valence-corrected chi connectivity index (χ1v) is 7.13. The second-order valence-corrected chi connectivity index (χ2v) is 6.17. The summed E-state index contributed by atoms with van der Waals surface area (Å²) < 4.78 is 11.6. The van der Waals surface area contributed by atoms with Crippen LogP contribution in [-0.2, 0) is 5.54 Å². The third kappa shape index (κ3) is 3.34. The van der Waals surface area contributed by atoms with Crippen molar-refractivity contribution in [2.75, 3.05) is 7.11 Å². The average molecular weight is 284 g/mol. The van der Waals surface area contributed by atoms with Crippen molar-refractivity contribution >= 4 is 11.6 Å². The molecule has 0 spiro atoms. The number of hydrogen-bond acceptors (Lipinski definition) is 3. The Kier molecular flexibility index (Phi) is 4.26. The van der Waals surface area contributed by atoms with Gasteiger partial charge in [0.2, 0.25) is 0 Å². The molecule has 0 aliphatic heterocycles. The van der Waals surface area contributed by atoms with Gasteiger partial charge >= 0.3 is 0 Å². The van der Waals surface area contributed by atoms with Crippen LogP contribution in [0, 0.1) is 0 Å². The standard InChI is InChI=1S/C15H22ClNO2/c1-15(2,17)12-8-10(16)9-13(18-3)14(12)19-11-6-4-5-7-11/h8-9,11H,4-7,17H2,1-3H3. The van der Waals surface area contributed by atoms with E-state index in [-0.39, 0.29) is 6.10 Å². The molecule has 3 nitrogen and oxygen atoms in total. The maximum atomic E-state index is 6.23. The highest BCUT2D eigenvalue weighted by Gasteiger charge is 2.26. The van der Waals surface area contributed by atoms with Gasteiger partial charge in [0.15, 0.2) is 11.5 Å². The van der Waals surface area contributed by atoms with Crippen LogP contribution < -0.4 is 15.2 Å². The van der Waals surface area contributed by atoms with E-state index < -0.39 is 5.54 Å². The fourth-order valence-corrected chi connectivity index (χ4v) is 2.70. The summed E-state index contributed by atoms with van der Waals surface area (Å²) in [5.41, 5.74) is 6.60. The highest BCUT2D eigenvalue weighted by molar-refractivity contribution is 6.30. The second kappa shape index (κ2) is 5.59. The van der Waals surface area contributed by atoms with Crippen molar-refractivity contribution in [1.82, 2.24) is 0 Å². The van der Waals surface area contributed by atoms with Gasteiger partial charge < -0.3 is 15.2 Å². The van der Waals surface area contributed by atoms with Crippen LogP contribution in [0.2, 0.25) is 5.02 Å². The third-order valence-electron chi connectivity index (χ3n) is 3.52. The van der Waals surface area contributed by atoms with Gasteiger partial charge in [0, 0.05) is 22.2 Å². The van der Waals surface area contributed by atoms with E-state index in [1.165, 1.54) is 12.8 Å². The Morgan fingerprint density at radius 1 is 1.26 bits per heavy atom. The van der Waals surface area contributed by atoms with Crippen molar-refractivity contribution in [3.8, 4) is 11.5 Å². The van der Waals surface area contributed by atoms with E-state index in [2.05, 4.69) is 0 Å². The smallest absolute Gasteiger partial charge is 0.166 e. The van der Waals surface area contributed by atoms with E-state index in [0.29, 0.717) is 10.8 Å². The lowest BCUT2D eigenvalue weighted by Crippen LogP contribution is -2.30. The van der Waals surface area contributed by atoms with Gasteiger partial charge in [-0.25, -0.2) is 0 Å². The number of rotatable bonds is 4. The monoisotopic (exact) mass is 283 g/mol. The van der Waals surface area contributed by atoms with Crippen LogP contribution >= 0.6 is 11.6 Å². The van der Waals surface area contributed by atoms with Crippen molar-refractivity contribution in [1.29, 1.82) is 0 Å². The zero-order valence-corrected chi connectivity index (χ0v) is 12.6. The Labute approximate surface area is 120 Å². The summed E-state index contributed by atoms with van der Waals surface area (Å²) in [4.78, 5) is 0. The first-order chi connectivity index (χ1) is 8.91. The van der Waals surface area contributed by atoms with Gasteiger partial charge in [-0.15, -0.1) is 0 Å². The Balaban J connectivity index is 2.42. The summed E-state index contributed by atoms with van der Waals surface area (Å²) in [5, 5.41) is 0.615. The average Bonchev–Trinajstić information content (AvgIpc) is 2.82. The fourth-order valence-electron chi connectivity index (χ4n) is 2.49. The number of halogens is 1. The van der Waals surface area contributed by atoms with Crippen LogP contribution in [0.25, 0.3) is 0 Å². The van der Waals surface area contributed by atoms with E-state index in [4.69, 9.17) is 26.8 Å². The molecule has 0 amide bonds. The Morgan fingerprint density at radius 2 is 1.89 bits per heavy atom. The summed E-state index contributed by atoms with van der Waals surface area (Å²) >= 11 is 6.13. The van der Waals surface area contributed by atoms with Crippen LogP contribution in [0.5, 0.6) is 11.5 Å². The van der Waals surface area contributed by atoms with Gasteiger partial charge in [-0.3, -0.25) is 0 Å². The molecule has 1 saturated carbocycles. The predicted molar refractivity (Wildman–Crippen MR) is 78.1 cm³/mol. The van der Waals surface area contributed by atoms with Crippen molar-refractivity contribution in [3.63, 3.8) is 0 Å². The molecule has 0 bridgehead atoms. The molecule has 0 heterocycles. The van der Waals surface area contributed by atoms with Crippen LogP contribution in [0.15, 0.2) is 12.1 Å². The van der Waals surface area contributed by atoms with E-state index in [1.807, 2.05) is 19.9 Å². The molecule has 0 unspecified atom stereocenters. The first kappa shape index (κ1) is 14.5. The maximum absolute atomic E-state index is 6.23. The number of ether oxygens (including phenoxy) is 2. The lowest BCUT2D eigenvalue weighted by Gasteiger charge is -2.26. The minimum atomic E-state index is -0.522. The highest BCUT2D eigenvalue weighted by atomic mass is 35.5. The SMILES string of the molecule is COc1cc(Cl)cc(C(C)(C)N)c1OC1CCCC1. The van der Waals surface area contributed by atoms with Gasteiger partial charge in [0.05, 0.1) is 13.2 Å².